The highest BCUT2D eigenvalue weighted by Gasteiger charge is 2.70. The Kier molecular flexibility index (Phi) is 13.9. The number of hydrogen-bond acceptors (Lipinski definition) is 18. The predicted molar refractivity (Wildman–Crippen MR) is 230 cm³/mol. The van der Waals surface area contributed by atoms with Gasteiger partial charge in [-0.3, -0.25) is 4.79 Å². The number of ether oxygens (including phenoxy) is 6. The minimum atomic E-state index is -1.77. The van der Waals surface area contributed by atoms with E-state index in [9.17, 15) is 61.0 Å². The van der Waals surface area contributed by atoms with E-state index in [1.54, 1.807) is 0 Å². The second-order valence-electron chi connectivity index (χ2n) is 23.5. The molecule has 0 unspecified atom stereocenters. The van der Waals surface area contributed by atoms with Crippen molar-refractivity contribution in [2.24, 2.45) is 50.2 Å². The molecule has 4 saturated carbocycles. The molecule has 7 fully saturated rings. The maximum Gasteiger partial charge on any atom is 0.315 e. The fraction of sp³-hybridized carbons (Fsp3) is 0.938. The summed E-state index contributed by atoms with van der Waals surface area (Å²) in [6.07, 6.45) is -13.5. The van der Waals surface area contributed by atoms with Crippen LogP contribution >= 0.6 is 0 Å². The number of aliphatic hydroxyl groups is 11. The van der Waals surface area contributed by atoms with Crippen LogP contribution in [-0.2, 0) is 33.2 Å². The van der Waals surface area contributed by atoms with Gasteiger partial charge in [-0.25, -0.2) is 0 Å². The van der Waals surface area contributed by atoms with Crippen LogP contribution in [0.2, 0.25) is 0 Å². The van der Waals surface area contributed by atoms with Gasteiger partial charge in [0.15, 0.2) is 12.6 Å². The van der Waals surface area contributed by atoms with Gasteiger partial charge in [-0.1, -0.05) is 60.1 Å². The Bertz CT molecular complexity index is 1790. The maximum absolute atomic E-state index is 14.7. The van der Waals surface area contributed by atoms with E-state index in [4.69, 9.17) is 28.4 Å². The van der Waals surface area contributed by atoms with Crippen LogP contribution in [0.5, 0.6) is 0 Å². The standard InChI is InChI=1S/C48H78O18/c1-43(2)14-16-48(42(60)66-41-36(58)33(55)31(53)25(20-50)62-41)17-15-46(6)22(23(48)18-43)8-9-28-45(5)12-11-29(44(3,4)27(45)10-13-47(28,46)7)64-39-37(59)34(56)38(26(21-51)63-39)65-40-35(57)32(54)30(52)24(19-49)61-40/h8,23-41,49-59H,9-21H2,1-7H3/t23-,24+,25+,26+,27-,28-,29+,30-,31+,32-,33-,34+,35+,36+,37+,38+,39-,40-,41-,45-,46+,47+,48-/m0/s1. The quantitative estimate of drug-likeness (QED) is 0.0833. The lowest BCUT2D eigenvalue weighted by Crippen LogP contribution is -2.67. The summed E-state index contributed by atoms with van der Waals surface area (Å²) in [5.74, 6) is -0.157. The van der Waals surface area contributed by atoms with Gasteiger partial charge in [-0.05, 0) is 109 Å². The topological polar surface area (TPSA) is 295 Å². The minimum absolute atomic E-state index is 0.0540. The molecule has 3 heterocycles. The zero-order valence-corrected chi connectivity index (χ0v) is 39.5. The van der Waals surface area contributed by atoms with E-state index in [-0.39, 0.29) is 39.4 Å². The van der Waals surface area contributed by atoms with E-state index in [0.29, 0.717) is 19.3 Å². The van der Waals surface area contributed by atoms with Crippen molar-refractivity contribution in [2.45, 2.75) is 211 Å². The van der Waals surface area contributed by atoms with Gasteiger partial charge < -0.3 is 84.6 Å². The SMILES string of the molecule is CC1(C)CC[C@]2(C(=O)O[C@@H]3O[C@H](CO)[C@@H](O)[C@H](O)[C@H]3O)CC[C@]3(C)C(=CC[C@H]4[C@@]5(C)CC[C@@H](O[C@@H]6O[C@H](CO)[C@@H](O[C@@H]7O[C@H](CO)[C@H](O)[C@H](O)[C@H]7O)[C@H](O)[C@H]6O)C(C)(C)[C@@H]5CC[C@]43C)[C@@H]2C1. The van der Waals surface area contributed by atoms with Gasteiger partial charge in [0, 0.05) is 0 Å². The first-order valence-corrected chi connectivity index (χ1v) is 24.3. The number of rotatable bonds is 9. The van der Waals surface area contributed by atoms with Gasteiger partial charge >= 0.3 is 5.97 Å². The molecule has 3 saturated heterocycles. The molecule has 5 aliphatic carbocycles. The third kappa shape index (κ3) is 7.87. The molecule has 0 aromatic rings. The molecule has 66 heavy (non-hydrogen) atoms. The predicted octanol–water partition coefficient (Wildman–Crippen LogP) is 0.141. The molecule has 0 amide bonds. The molecular weight excluding hydrogens is 865 g/mol. The van der Waals surface area contributed by atoms with Gasteiger partial charge in [0.1, 0.15) is 73.2 Å². The summed E-state index contributed by atoms with van der Waals surface area (Å²) in [5, 5.41) is 115. The van der Waals surface area contributed by atoms with Gasteiger partial charge in [0.25, 0.3) is 0 Å². The highest BCUT2D eigenvalue weighted by molar-refractivity contribution is 5.79. The van der Waals surface area contributed by atoms with Crippen molar-refractivity contribution in [3.8, 4) is 0 Å². The van der Waals surface area contributed by atoms with Crippen molar-refractivity contribution in [1.82, 2.24) is 0 Å². The molecule has 0 spiro atoms. The van der Waals surface area contributed by atoms with Crippen LogP contribution in [0.15, 0.2) is 11.6 Å². The van der Waals surface area contributed by atoms with Crippen LogP contribution in [0.3, 0.4) is 0 Å². The second-order valence-corrected chi connectivity index (χ2v) is 23.5. The first-order chi connectivity index (χ1) is 30.9. The molecular formula is C48H78O18. The summed E-state index contributed by atoms with van der Waals surface area (Å²) in [5.41, 5.74) is -0.613. The maximum atomic E-state index is 14.7. The van der Waals surface area contributed by atoms with Crippen molar-refractivity contribution in [2.75, 3.05) is 19.8 Å². The summed E-state index contributed by atoms with van der Waals surface area (Å²) in [4.78, 5) is 14.7. The zero-order valence-electron chi connectivity index (χ0n) is 39.5. The molecule has 0 aromatic heterocycles. The molecule has 0 bridgehead atoms. The lowest BCUT2D eigenvalue weighted by Gasteiger charge is -2.71. The lowest BCUT2D eigenvalue weighted by atomic mass is 9.33. The molecule has 8 rings (SSSR count). The third-order valence-corrected chi connectivity index (χ3v) is 19.3. The number of carbonyl (C=O) groups is 1. The summed E-state index contributed by atoms with van der Waals surface area (Å²) in [7, 11) is 0. The van der Waals surface area contributed by atoms with Crippen LogP contribution < -0.4 is 0 Å². The minimum Gasteiger partial charge on any atom is -0.432 e. The summed E-state index contributed by atoms with van der Waals surface area (Å²) < 4.78 is 35.6. The van der Waals surface area contributed by atoms with E-state index in [1.807, 2.05) is 0 Å². The van der Waals surface area contributed by atoms with Crippen molar-refractivity contribution in [3.05, 3.63) is 11.6 Å². The Morgan fingerprint density at radius 1 is 0.606 bits per heavy atom. The highest BCUT2D eigenvalue weighted by atomic mass is 16.7. The van der Waals surface area contributed by atoms with Crippen molar-refractivity contribution < 1.29 is 89.4 Å². The molecule has 3 aliphatic heterocycles. The molecule has 18 nitrogen and oxygen atoms in total. The molecule has 8 aliphatic rings. The van der Waals surface area contributed by atoms with Crippen molar-refractivity contribution >= 4 is 5.97 Å². The van der Waals surface area contributed by atoms with Crippen molar-refractivity contribution in [1.29, 1.82) is 0 Å². The van der Waals surface area contributed by atoms with Gasteiger partial charge in [-0.2, -0.15) is 0 Å². The molecule has 11 N–H and O–H groups in total. The van der Waals surface area contributed by atoms with Crippen LogP contribution in [0.1, 0.15) is 113 Å². The van der Waals surface area contributed by atoms with E-state index in [0.717, 1.165) is 44.9 Å². The summed E-state index contributed by atoms with van der Waals surface area (Å²) in [6, 6.07) is 0. The average Bonchev–Trinajstić information content (AvgIpc) is 3.27. The Morgan fingerprint density at radius 3 is 1.77 bits per heavy atom. The summed E-state index contributed by atoms with van der Waals surface area (Å²) in [6.45, 7) is 14.1. The van der Waals surface area contributed by atoms with E-state index >= 15 is 0 Å². The lowest BCUT2D eigenvalue weighted by molar-refractivity contribution is -0.368. The molecule has 0 aromatic carbocycles. The summed E-state index contributed by atoms with van der Waals surface area (Å²) >= 11 is 0. The van der Waals surface area contributed by atoms with Gasteiger partial charge in [0.2, 0.25) is 6.29 Å². The van der Waals surface area contributed by atoms with E-state index in [2.05, 4.69) is 54.5 Å². The second kappa shape index (κ2) is 18.0. The van der Waals surface area contributed by atoms with Crippen molar-refractivity contribution in [3.63, 3.8) is 0 Å². The van der Waals surface area contributed by atoms with Gasteiger partial charge in [-0.15, -0.1) is 0 Å². The van der Waals surface area contributed by atoms with E-state index < -0.39 is 135 Å². The molecule has 23 atom stereocenters. The number of carbonyl (C=O) groups excluding carboxylic acids is 1. The number of hydrogen-bond donors (Lipinski definition) is 11. The largest absolute Gasteiger partial charge is 0.432 e. The number of allylic oxidation sites excluding steroid dienone is 2. The highest BCUT2D eigenvalue weighted by Crippen LogP contribution is 2.76. The van der Waals surface area contributed by atoms with E-state index in [1.165, 1.54) is 5.57 Å². The molecule has 0 radical (unpaired) electrons. The Labute approximate surface area is 387 Å². The Hall–Kier alpha value is -1.43. The number of esters is 1. The first kappa shape index (κ1) is 50.9. The van der Waals surface area contributed by atoms with Crippen LogP contribution in [-0.4, -0.2) is 180 Å². The fourth-order valence-corrected chi connectivity index (χ4v) is 15.0. The molecule has 378 valence electrons. The van der Waals surface area contributed by atoms with Crippen LogP contribution in [0.4, 0.5) is 0 Å². The monoisotopic (exact) mass is 943 g/mol. The number of fused-ring (bicyclic) bond motifs is 7. The van der Waals surface area contributed by atoms with Crippen LogP contribution in [0.25, 0.3) is 0 Å². The third-order valence-electron chi connectivity index (χ3n) is 19.3. The van der Waals surface area contributed by atoms with Gasteiger partial charge in [0.05, 0.1) is 31.3 Å². The normalized spacial score (nSPS) is 53.3. The Morgan fingerprint density at radius 2 is 1.15 bits per heavy atom. The zero-order chi connectivity index (χ0) is 48.3. The Balaban J connectivity index is 0.998. The average molecular weight is 943 g/mol. The fourth-order valence-electron chi connectivity index (χ4n) is 15.0. The smallest absolute Gasteiger partial charge is 0.315 e. The first-order valence-electron chi connectivity index (χ1n) is 24.3. The van der Waals surface area contributed by atoms with Crippen LogP contribution in [0, 0.1) is 50.2 Å². The molecule has 18 heteroatoms. The number of aliphatic hydroxyl groups excluding tert-OH is 11.